The first-order valence-electron chi connectivity index (χ1n) is 5.54. The smallest absolute Gasteiger partial charge is 0.0701 e. The molecule has 1 saturated carbocycles. The summed E-state index contributed by atoms with van der Waals surface area (Å²) in [5.41, 5.74) is 0.393. The van der Waals surface area contributed by atoms with Crippen molar-refractivity contribution in [1.29, 1.82) is 0 Å². The lowest BCUT2D eigenvalue weighted by Crippen LogP contribution is -2.28. The zero-order valence-electron chi connectivity index (χ0n) is 8.77. The predicted octanol–water partition coefficient (Wildman–Crippen LogP) is 5.24. The maximum absolute atomic E-state index is 6.19. The summed E-state index contributed by atoms with van der Waals surface area (Å²) in [6.45, 7) is 0. The summed E-state index contributed by atoms with van der Waals surface area (Å²) < 4.78 is 1.23. The highest BCUT2D eigenvalue weighted by Gasteiger charge is 2.31. The Bertz CT molecular complexity index is 315. The first-order valence-corrected chi connectivity index (χ1v) is 7.69. The molecule has 1 aliphatic rings. The fourth-order valence-electron chi connectivity index (χ4n) is 2.48. The van der Waals surface area contributed by atoms with E-state index in [1.165, 1.54) is 47.2 Å². The van der Waals surface area contributed by atoms with E-state index in [1.807, 2.05) is 11.3 Å². The van der Waals surface area contributed by atoms with Crippen LogP contribution in [0, 0.1) is 5.41 Å². The van der Waals surface area contributed by atoms with E-state index < -0.39 is 0 Å². The van der Waals surface area contributed by atoms with Gasteiger partial charge in [-0.3, -0.25) is 0 Å². The molecular weight excluding hydrogens is 292 g/mol. The Morgan fingerprint density at radius 1 is 1.27 bits per heavy atom. The summed E-state index contributed by atoms with van der Waals surface area (Å²) >= 11 is 11.6. The normalized spacial score (nSPS) is 20.4. The molecule has 2 rings (SSSR count). The van der Waals surface area contributed by atoms with Crippen LogP contribution in [0.5, 0.6) is 0 Å². The van der Waals surface area contributed by atoms with Crippen LogP contribution in [-0.4, -0.2) is 5.88 Å². The van der Waals surface area contributed by atoms with E-state index in [9.17, 15) is 0 Å². The topological polar surface area (TPSA) is 0 Å². The molecule has 0 N–H and O–H groups in total. The van der Waals surface area contributed by atoms with Crippen molar-refractivity contribution in [3.8, 4) is 0 Å². The van der Waals surface area contributed by atoms with Crippen LogP contribution in [0.1, 0.15) is 37.0 Å². The van der Waals surface area contributed by atoms with E-state index in [0.29, 0.717) is 5.41 Å². The standard InChI is InChI=1S/C12H16BrClS/c13-11-5-4-10(15-11)8-12(9-14)6-2-1-3-7-12/h4-5H,1-3,6-9H2. The van der Waals surface area contributed by atoms with Gasteiger partial charge in [-0.15, -0.1) is 22.9 Å². The van der Waals surface area contributed by atoms with Crippen molar-refractivity contribution < 1.29 is 0 Å². The number of halogens is 2. The second-order valence-electron chi connectivity index (χ2n) is 4.58. The maximum Gasteiger partial charge on any atom is 0.0701 e. The Hall–Kier alpha value is 0.470. The molecule has 1 aliphatic carbocycles. The largest absolute Gasteiger partial charge is 0.133 e. The molecule has 1 heterocycles. The molecule has 84 valence electrons. The minimum absolute atomic E-state index is 0.393. The molecule has 0 aliphatic heterocycles. The second kappa shape index (κ2) is 5.20. The Morgan fingerprint density at radius 3 is 2.53 bits per heavy atom. The lowest BCUT2D eigenvalue weighted by molar-refractivity contribution is 0.221. The Balaban J connectivity index is 2.06. The van der Waals surface area contributed by atoms with E-state index in [-0.39, 0.29) is 0 Å². The van der Waals surface area contributed by atoms with Crippen LogP contribution < -0.4 is 0 Å². The summed E-state index contributed by atoms with van der Waals surface area (Å²) in [7, 11) is 0. The van der Waals surface area contributed by atoms with Crippen LogP contribution in [0.4, 0.5) is 0 Å². The molecule has 3 heteroatoms. The molecule has 1 aromatic heterocycles. The number of thiophene rings is 1. The average Bonchev–Trinajstić information content (AvgIpc) is 2.65. The monoisotopic (exact) mass is 306 g/mol. The highest BCUT2D eigenvalue weighted by atomic mass is 79.9. The molecular formula is C12H16BrClS. The van der Waals surface area contributed by atoms with E-state index >= 15 is 0 Å². The van der Waals surface area contributed by atoms with Gasteiger partial charge in [0.15, 0.2) is 0 Å². The first-order chi connectivity index (χ1) is 7.24. The van der Waals surface area contributed by atoms with E-state index in [1.54, 1.807) is 0 Å². The van der Waals surface area contributed by atoms with Crippen molar-refractivity contribution in [2.45, 2.75) is 38.5 Å². The van der Waals surface area contributed by atoms with Crippen LogP contribution in [0.15, 0.2) is 15.9 Å². The lowest BCUT2D eigenvalue weighted by atomic mass is 9.73. The van der Waals surface area contributed by atoms with E-state index in [0.717, 1.165) is 5.88 Å². The molecule has 0 nitrogen and oxygen atoms in total. The van der Waals surface area contributed by atoms with Gasteiger partial charge in [-0.2, -0.15) is 0 Å². The molecule has 15 heavy (non-hydrogen) atoms. The first kappa shape index (κ1) is 11.9. The third-order valence-electron chi connectivity index (χ3n) is 3.38. The summed E-state index contributed by atoms with van der Waals surface area (Å²) in [4.78, 5) is 1.48. The highest BCUT2D eigenvalue weighted by molar-refractivity contribution is 9.11. The number of hydrogen-bond donors (Lipinski definition) is 0. The van der Waals surface area contributed by atoms with Crippen molar-refractivity contribution in [2.75, 3.05) is 5.88 Å². The molecule has 1 fully saturated rings. The van der Waals surface area contributed by atoms with Gasteiger partial charge < -0.3 is 0 Å². The van der Waals surface area contributed by atoms with Crippen molar-refractivity contribution in [2.24, 2.45) is 5.41 Å². The molecule has 0 aromatic carbocycles. The quantitative estimate of drug-likeness (QED) is 0.670. The van der Waals surface area contributed by atoms with Gasteiger partial charge in [0.2, 0.25) is 0 Å². The van der Waals surface area contributed by atoms with Gasteiger partial charge in [-0.1, -0.05) is 19.3 Å². The van der Waals surface area contributed by atoms with Gasteiger partial charge in [0.05, 0.1) is 3.79 Å². The van der Waals surface area contributed by atoms with Crippen molar-refractivity contribution in [3.63, 3.8) is 0 Å². The predicted molar refractivity (Wildman–Crippen MR) is 72.0 cm³/mol. The number of alkyl halides is 1. The molecule has 0 spiro atoms. The summed E-state index contributed by atoms with van der Waals surface area (Å²) in [5.74, 6) is 0.822. The molecule has 0 bridgehead atoms. The molecule has 0 atom stereocenters. The average molecular weight is 308 g/mol. The lowest BCUT2D eigenvalue weighted by Gasteiger charge is -2.35. The van der Waals surface area contributed by atoms with Gasteiger partial charge in [0.25, 0.3) is 0 Å². The van der Waals surface area contributed by atoms with Crippen LogP contribution in [0.3, 0.4) is 0 Å². The van der Waals surface area contributed by atoms with Crippen LogP contribution >= 0.6 is 38.9 Å². The SMILES string of the molecule is ClCC1(Cc2ccc(Br)s2)CCCCC1. The highest BCUT2D eigenvalue weighted by Crippen LogP contribution is 2.41. The Labute approximate surface area is 109 Å². The van der Waals surface area contributed by atoms with Gasteiger partial charge in [0.1, 0.15) is 0 Å². The van der Waals surface area contributed by atoms with Crippen LogP contribution in [-0.2, 0) is 6.42 Å². The van der Waals surface area contributed by atoms with Crippen molar-refractivity contribution in [3.05, 3.63) is 20.8 Å². The zero-order valence-corrected chi connectivity index (χ0v) is 11.9. The fourth-order valence-corrected chi connectivity index (χ4v) is 4.49. The summed E-state index contributed by atoms with van der Waals surface area (Å²) in [6.07, 6.45) is 7.91. The molecule has 0 saturated heterocycles. The zero-order chi connectivity index (χ0) is 10.7. The molecule has 0 unspecified atom stereocenters. The minimum Gasteiger partial charge on any atom is -0.133 e. The van der Waals surface area contributed by atoms with Crippen molar-refractivity contribution >= 4 is 38.9 Å². The van der Waals surface area contributed by atoms with E-state index in [4.69, 9.17) is 11.6 Å². The van der Waals surface area contributed by atoms with Crippen LogP contribution in [0.2, 0.25) is 0 Å². The maximum atomic E-state index is 6.19. The van der Waals surface area contributed by atoms with Gasteiger partial charge in [0, 0.05) is 10.8 Å². The van der Waals surface area contributed by atoms with Gasteiger partial charge in [-0.25, -0.2) is 0 Å². The van der Waals surface area contributed by atoms with Gasteiger partial charge >= 0.3 is 0 Å². The second-order valence-corrected chi connectivity index (χ2v) is 7.39. The molecule has 0 radical (unpaired) electrons. The third-order valence-corrected chi connectivity index (χ3v) is 5.57. The summed E-state index contributed by atoms with van der Waals surface area (Å²) in [6, 6.07) is 4.38. The Morgan fingerprint density at radius 2 is 2.00 bits per heavy atom. The van der Waals surface area contributed by atoms with E-state index in [2.05, 4.69) is 28.1 Å². The summed E-state index contributed by atoms with van der Waals surface area (Å²) in [5, 5.41) is 0. The fraction of sp³-hybridized carbons (Fsp3) is 0.667. The van der Waals surface area contributed by atoms with Crippen LogP contribution in [0.25, 0.3) is 0 Å². The number of hydrogen-bond acceptors (Lipinski definition) is 1. The minimum atomic E-state index is 0.393. The Kier molecular flexibility index (Phi) is 4.14. The third kappa shape index (κ3) is 2.98. The molecule has 0 amide bonds. The molecule has 1 aromatic rings. The van der Waals surface area contributed by atoms with Gasteiger partial charge in [-0.05, 0) is 52.7 Å². The number of rotatable bonds is 3. The van der Waals surface area contributed by atoms with Crippen molar-refractivity contribution in [1.82, 2.24) is 0 Å².